The van der Waals surface area contributed by atoms with Crippen LogP contribution in [-0.4, -0.2) is 20.9 Å². The minimum atomic E-state index is -3.71. The van der Waals surface area contributed by atoms with E-state index in [1.54, 1.807) is 24.3 Å². The van der Waals surface area contributed by atoms with Crippen molar-refractivity contribution in [3.63, 3.8) is 0 Å². The number of hydrogen-bond acceptors (Lipinski definition) is 4. The lowest BCUT2D eigenvalue weighted by molar-refractivity contribution is -0.119. The van der Waals surface area contributed by atoms with E-state index in [1.165, 1.54) is 24.3 Å². The molecule has 8 heteroatoms. The number of carbonyl (C=O) groups is 1. The van der Waals surface area contributed by atoms with Crippen LogP contribution >= 0.6 is 11.6 Å². The van der Waals surface area contributed by atoms with Crippen molar-refractivity contribution in [1.29, 1.82) is 0 Å². The first-order valence-corrected chi connectivity index (χ1v) is 8.02. The lowest BCUT2D eigenvalue weighted by Gasteiger charge is -2.09. The van der Waals surface area contributed by atoms with Crippen molar-refractivity contribution >= 4 is 33.2 Å². The number of ether oxygens (including phenoxy) is 1. The first kappa shape index (κ1) is 16.1. The predicted molar refractivity (Wildman–Crippen MR) is 83.4 cm³/mol. The number of nitrogens with two attached hydrogens (primary N) is 1. The standard InChI is InChI=1S/C14H13ClN2O4S/c15-10-1-3-11(4-2-10)17-22(19,20)13-7-5-12(6-8-13)21-9-14(16)18/h1-8,17H,9H2,(H2,16,18). The van der Waals surface area contributed by atoms with Crippen molar-refractivity contribution in [3.8, 4) is 5.75 Å². The Hall–Kier alpha value is -2.25. The monoisotopic (exact) mass is 340 g/mol. The second-order valence-electron chi connectivity index (χ2n) is 4.34. The number of anilines is 1. The van der Waals surface area contributed by atoms with Gasteiger partial charge in [-0.25, -0.2) is 8.42 Å². The molecule has 0 radical (unpaired) electrons. The van der Waals surface area contributed by atoms with E-state index >= 15 is 0 Å². The van der Waals surface area contributed by atoms with Gasteiger partial charge in [0.15, 0.2) is 6.61 Å². The molecule has 1 amide bonds. The molecule has 0 bridgehead atoms. The molecule has 116 valence electrons. The van der Waals surface area contributed by atoms with Crippen LogP contribution in [0.15, 0.2) is 53.4 Å². The highest BCUT2D eigenvalue weighted by Crippen LogP contribution is 2.20. The van der Waals surface area contributed by atoms with Crippen LogP contribution in [0.25, 0.3) is 0 Å². The van der Waals surface area contributed by atoms with Crippen molar-refractivity contribution in [2.75, 3.05) is 11.3 Å². The van der Waals surface area contributed by atoms with Gasteiger partial charge in [-0.3, -0.25) is 9.52 Å². The number of sulfonamides is 1. The number of benzene rings is 2. The SMILES string of the molecule is NC(=O)COc1ccc(S(=O)(=O)Nc2ccc(Cl)cc2)cc1. The van der Waals surface area contributed by atoms with Crippen LogP contribution < -0.4 is 15.2 Å². The van der Waals surface area contributed by atoms with Gasteiger partial charge in [-0.1, -0.05) is 11.6 Å². The van der Waals surface area contributed by atoms with E-state index in [9.17, 15) is 13.2 Å². The van der Waals surface area contributed by atoms with Crippen LogP contribution in [0.4, 0.5) is 5.69 Å². The molecule has 0 saturated carbocycles. The molecule has 0 saturated heterocycles. The van der Waals surface area contributed by atoms with Gasteiger partial charge in [-0.15, -0.1) is 0 Å². The van der Waals surface area contributed by atoms with Crippen molar-refractivity contribution in [1.82, 2.24) is 0 Å². The molecule has 0 fully saturated rings. The van der Waals surface area contributed by atoms with Gasteiger partial charge in [0.2, 0.25) is 0 Å². The maximum atomic E-state index is 12.2. The van der Waals surface area contributed by atoms with E-state index in [1.807, 2.05) is 0 Å². The largest absolute Gasteiger partial charge is 0.484 e. The Morgan fingerprint density at radius 1 is 1.09 bits per heavy atom. The van der Waals surface area contributed by atoms with Crippen molar-refractivity contribution in [3.05, 3.63) is 53.6 Å². The van der Waals surface area contributed by atoms with E-state index in [4.69, 9.17) is 22.1 Å². The normalized spacial score (nSPS) is 11.0. The summed E-state index contributed by atoms with van der Waals surface area (Å²) in [7, 11) is -3.71. The van der Waals surface area contributed by atoms with Crippen LogP contribution in [0.5, 0.6) is 5.75 Å². The molecular formula is C14H13ClN2O4S. The average molecular weight is 341 g/mol. The highest BCUT2D eigenvalue weighted by atomic mass is 35.5. The minimum absolute atomic E-state index is 0.0638. The summed E-state index contributed by atoms with van der Waals surface area (Å²) in [6, 6.07) is 11.9. The van der Waals surface area contributed by atoms with Gasteiger partial charge in [0, 0.05) is 10.7 Å². The van der Waals surface area contributed by atoms with Crippen molar-refractivity contribution in [2.45, 2.75) is 4.90 Å². The van der Waals surface area contributed by atoms with Gasteiger partial charge in [0.05, 0.1) is 4.90 Å². The van der Waals surface area contributed by atoms with Gasteiger partial charge in [0.25, 0.3) is 15.9 Å². The third-order valence-corrected chi connectivity index (χ3v) is 4.26. The minimum Gasteiger partial charge on any atom is -0.484 e. The molecule has 2 rings (SSSR count). The zero-order chi connectivity index (χ0) is 16.2. The summed E-state index contributed by atoms with van der Waals surface area (Å²) in [5, 5.41) is 0.513. The molecule has 0 spiro atoms. The van der Waals surface area contributed by atoms with Gasteiger partial charge in [-0.05, 0) is 48.5 Å². The van der Waals surface area contributed by atoms with Crippen molar-refractivity contribution in [2.24, 2.45) is 5.73 Å². The summed E-state index contributed by atoms with van der Waals surface area (Å²) in [6.45, 7) is -0.269. The smallest absolute Gasteiger partial charge is 0.261 e. The second-order valence-corrected chi connectivity index (χ2v) is 6.46. The van der Waals surface area contributed by atoms with Gasteiger partial charge in [0.1, 0.15) is 5.75 Å². The number of carbonyl (C=O) groups excluding carboxylic acids is 1. The summed E-state index contributed by atoms with van der Waals surface area (Å²) < 4.78 is 31.9. The van der Waals surface area contributed by atoms with Crippen LogP contribution in [0.2, 0.25) is 5.02 Å². The first-order chi connectivity index (χ1) is 10.4. The van der Waals surface area contributed by atoms with E-state index in [0.29, 0.717) is 16.5 Å². The predicted octanol–water partition coefficient (Wildman–Crippen LogP) is 2.00. The first-order valence-electron chi connectivity index (χ1n) is 6.16. The highest BCUT2D eigenvalue weighted by molar-refractivity contribution is 7.92. The topological polar surface area (TPSA) is 98.5 Å². The molecule has 0 atom stereocenters. The van der Waals surface area contributed by atoms with E-state index < -0.39 is 15.9 Å². The zero-order valence-electron chi connectivity index (χ0n) is 11.3. The highest BCUT2D eigenvalue weighted by Gasteiger charge is 2.14. The maximum absolute atomic E-state index is 12.2. The summed E-state index contributed by atoms with van der Waals surface area (Å²) in [4.78, 5) is 10.7. The van der Waals surface area contributed by atoms with Crippen LogP contribution in [0, 0.1) is 0 Å². The molecular weight excluding hydrogens is 328 g/mol. The maximum Gasteiger partial charge on any atom is 0.261 e. The fraction of sp³-hybridized carbons (Fsp3) is 0.0714. The van der Waals surface area contributed by atoms with Gasteiger partial charge in [-0.2, -0.15) is 0 Å². The fourth-order valence-electron chi connectivity index (χ4n) is 1.60. The molecule has 2 aromatic carbocycles. The number of primary amides is 1. The molecule has 0 aliphatic heterocycles. The lowest BCUT2D eigenvalue weighted by atomic mass is 10.3. The Kier molecular flexibility index (Phi) is 4.89. The molecule has 0 unspecified atom stereocenters. The van der Waals surface area contributed by atoms with Gasteiger partial charge >= 0.3 is 0 Å². The molecule has 22 heavy (non-hydrogen) atoms. The van der Waals surface area contributed by atoms with Crippen LogP contribution in [-0.2, 0) is 14.8 Å². The summed E-state index contributed by atoms with van der Waals surface area (Å²) in [5.41, 5.74) is 5.36. The van der Waals surface area contributed by atoms with E-state index in [0.717, 1.165) is 0 Å². The molecule has 0 heterocycles. The average Bonchev–Trinajstić information content (AvgIpc) is 2.48. The molecule has 0 aromatic heterocycles. The second kappa shape index (κ2) is 6.67. The Balaban J connectivity index is 2.12. The van der Waals surface area contributed by atoms with E-state index in [-0.39, 0.29) is 11.5 Å². The molecule has 6 nitrogen and oxygen atoms in total. The quantitative estimate of drug-likeness (QED) is 0.840. The van der Waals surface area contributed by atoms with Crippen LogP contribution in [0.3, 0.4) is 0 Å². The number of nitrogens with one attached hydrogen (secondary N) is 1. The Bertz CT molecular complexity index is 758. The number of rotatable bonds is 6. The Morgan fingerprint density at radius 3 is 2.23 bits per heavy atom. The summed E-state index contributed by atoms with van der Waals surface area (Å²) in [5.74, 6) is -0.259. The number of hydrogen-bond donors (Lipinski definition) is 2. The number of amides is 1. The Morgan fingerprint density at radius 2 is 1.68 bits per heavy atom. The molecule has 0 aliphatic carbocycles. The van der Waals surface area contributed by atoms with Crippen LogP contribution in [0.1, 0.15) is 0 Å². The van der Waals surface area contributed by atoms with E-state index in [2.05, 4.69) is 4.72 Å². The zero-order valence-corrected chi connectivity index (χ0v) is 12.9. The molecule has 2 aromatic rings. The molecule has 3 N–H and O–H groups in total. The Labute approximate surface area is 132 Å². The number of halogens is 1. The van der Waals surface area contributed by atoms with Gasteiger partial charge < -0.3 is 10.5 Å². The molecule has 0 aliphatic rings. The summed E-state index contributed by atoms with van der Waals surface area (Å²) in [6.07, 6.45) is 0. The fourth-order valence-corrected chi connectivity index (χ4v) is 2.79. The van der Waals surface area contributed by atoms with Crippen molar-refractivity contribution < 1.29 is 17.9 Å². The summed E-state index contributed by atoms with van der Waals surface area (Å²) >= 11 is 5.75. The lowest BCUT2D eigenvalue weighted by Crippen LogP contribution is -2.20. The third kappa shape index (κ3) is 4.37. The third-order valence-electron chi connectivity index (χ3n) is 2.61.